The number of guanidine groups is 1. The zero-order valence-electron chi connectivity index (χ0n) is 12.3. The molecule has 1 rings (SSSR count). The highest BCUT2D eigenvalue weighted by Crippen LogP contribution is 2.27. The number of nitrogens with two attached hydrogens (primary N) is 1. The first kappa shape index (κ1) is 18.8. The number of methoxy groups -OCH3 is 2. The van der Waals surface area contributed by atoms with Crippen molar-refractivity contribution in [1.29, 1.82) is 0 Å². The maximum Gasteiger partial charge on any atom is 0.188 e. The standard InChI is InChI=1S/C14H23N3O2.HI/c1-4-5-8-16-14(15)17-10-11-6-7-12(18-2)13(9-11)19-3;/h6-7,9H,4-5,8,10H2,1-3H3,(H3,15,16,17);1H. The van der Waals surface area contributed by atoms with Crippen molar-refractivity contribution in [2.45, 2.75) is 26.3 Å². The molecule has 5 nitrogen and oxygen atoms in total. The average molecular weight is 393 g/mol. The minimum atomic E-state index is 0. The largest absolute Gasteiger partial charge is 0.493 e. The number of nitrogens with one attached hydrogen (secondary N) is 1. The number of benzene rings is 1. The SMILES string of the molecule is CCCCNC(N)=NCc1ccc(OC)c(OC)c1.I. The van der Waals surface area contributed by atoms with Gasteiger partial charge in [-0.1, -0.05) is 19.4 Å². The van der Waals surface area contributed by atoms with E-state index in [1.807, 2.05) is 18.2 Å². The van der Waals surface area contributed by atoms with E-state index in [2.05, 4.69) is 17.2 Å². The Morgan fingerprint density at radius 1 is 1.25 bits per heavy atom. The van der Waals surface area contributed by atoms with E-state index < -0.39 is 0 Å². The number of halogens is 1. The zero-order valence-corrected chi connectivity index (χ0v) is 14.6. The highest BCUT2D eigenvalue weighted by Gasteiger charge is 2.04. The summed E-state index contributed by atoms with van der Waals surface area (Å²) in [5.74, 6) is 1.89. The Kier molecular flexibility index (Phi) is 9.96. The lowest BCUT2D eigenvalue weighted by Crippen LogP contribution is -2.32. The molecule has 0 saturated heterocycles. The summed E-state index contributed by atoms with van der Waals surface area (Å²) in [6, 6.07) is 5.72. The van der Waals surface area contributed by atoms with E-state index in [0.29, 0.717) is 24.0 Å². The van der Waals surface area contributed by atoms with Crippen molar-refractivity contribution in [2.75, 3.05) is 20.8 Å². The van der Waals surface area contributed by atoms with Crippen LogP contribution in [0.4, 0.5) is 0 Å². The molecule has 0 atom stereocenters. The maximum absolute atomic E-state index is 5.77. The minimum absolute atomic E-state index is 0. The summed E-state index contributed by atoms with van der Waals surface area (Å²) in [4.78, 5) is 4.28. The van der Waals surface area contributed by atoms with E-state index >= 15 is 0 Å². The van der Waals surface area contributed by atoms with E-state index in [0.717, 1.165) is 24.9 Å². The van der Waals surface area contributed by atoms with Crippen LogP contribution in [-0.2, 0) is 6.54 Å². The van der Waals surface area contributed by atoms with Gasteiger partial charge in [0.1, 0.15) is 0 Å². The summed E-state index contributed by atoms with van der Waals surface area (Å²) in [5, 5.41) is 3.08. The van der Waals surface area contributed by atoms with E-state index in [4.69, 9.17) is 15.2 Å². The van der Waals surface area contributed by atoms with Crippen LogP contribution in [0.2, 0.25) is 0 Å². The van der Waals surface area contributed by atoms with Crippen LogP contribution < -0.4 is 20.5 Å². The van der Waals surface area contributed by atoms with Crippen LogP contribution in [0.3, 0.4) is 0 Å². The summed E-state index contributed by atoms with van der Waals surface area (Å²) < 4.78 is 10.4. The van der Waals surface area contributed by atoms with Crippen LogP contribution >= 0.6 is 24.0 Å². The number of ether oxygens (including phenoxy) is 2. The van der Waals surface area contributed by atoms with Crippen LogP contribution in [0.1, 0.15) is 25.3 Å². The molecule has 0 heterocycles. The first-order valence-corrected chi connectivity index (χ1v) is 6.46. The normalized spacial score (nSPS) is 10.7. The third kappa shape index (κ3) is 6.31. The summed E-state index contributed by atoms with van der Waals surface area (Å²) in [6.07, 6.45) is 2.22. The number of rotatable bonds is 7. The molecule has 0 aliphatic carbocycles. The number of unbranched alkanes of at least 4 members (excludes halogenated alkanes) is 1. The lowest BCUT2D eigenvalue weighted by Gasteiger charge is -2.09. The lowest BCUT2D eigenvalue weighted by atomic mass is 10.2. The molecule has 0 amide bonds. The maximum atomic E-state index is 5.77. The molecule has 0 fully saturated rings. The Bertz CT molecular complexity index is 425. The molecule has 6 heteroatoms. The predicted molar refractivity (Wildman–Crippen MR) is 93.2 cm³/mol. The Labute approximate surface area is 138 Å². The van der Waals surface area contributed by atoms with Gasteiger partial charge in [-0.05, 0) is 24.1 Å². The van der Waals surface area contributed by atoms with E-state index in [-0.39, 0.29) is 24.0 Å². The lowest BCUT2D eigenvalue weighted by molar-refractivity contribution is 0.354. The van der Waals surface area contributed by atoms with Crippen LogP contribution in [-0.4, -0.2) is 26.7 Å². The van der Waals surface area contributed by atoms with Crippen molar-refractivity contribution in [2.24, 2.45) is 10.7 Å². The Morgan fingerprint density at radius 2 is 1.95 bits per heavy atom. The fourth-order valence-corrected chi connectivity index (χ4v) is 1.60. The molecule has 0 aliphatic heterocycles. The molecular formula is C14H24IN3O2. The third-order valence-corrected chi connectivity index (χ3v) is 2.72. The van der Waals surface area contributed by atoms with Gasteiger partial charge in [0.15, 0.2) is 17.5 Å². The van der Waals surface area contributed by atoms with Crippen LogP contribution in [0.25, 0.3) is 0 Å². The molecule has 3 N–H and O–H groups in total. The summed E-state index contributed by atoms with van der Waals surface area (Å²) in [7, 11) is 3.23. The van der Waals surface area contributed by atoms with Crippen molar-refractivity contribution >= 4 is 29.9 Å². The smallest absolute Gasteiger partial charge is 0.188 e. The third-order valence-electron chi connectivity index (χ3n) is 2.72. The fourth-order valence-electron chi connectivity index (χ4n) is 1.60. The first-order chi connectivity index (χ1) is 9.21. The summed E-state index contributed by atoms with van der Waals surface area (Å²) in [6.45, 7) is 3.52. The van der Waals surface area contributed by atoms with Crippen molar-refractivity contribution < 1.29 is 9.47 Å². The molecule has 20 heavy (non-hydrogen) atoms. The first-order valence-electron chi connectivity index (χ1n) is 6.46. The molecule has 0 saturated carbocycles. The van der Waals surface area contributed by atoms with Crippen LogP contribution in [0.15, 0.2) is 23.2 Å². The molecule has 0 aliphatic rings. The van der Waals surface area contributed by atoms with Gasteiger partial charge in [-0.3, -0.25) is 0 Å². The van der Waals surface area contributed by atoms with Crippen molar-refractivity contribution in [3.8, 4) is 11.5 Å². The summed E-state index contributed by atoms with van der Waals surface area (Å²) >= 11 is 0. The number of aliphatic imine (C=N–C) groups is 1. The summed E-state index contributed by atoms with van der Waals surface area (Å²) in [5.41, 5.74) is 6.80. The molecule has 0 bridgehead atoms. The Morgan fingerprint density at radius 3 is 2.55 bits per heavy atom. The Hall–Kier alpha value is -1.18. The highest BCUT2D eigenvalue weighted by atomic mass is 127. The molecular weight excluding hydrogens is 369 g/mol. The average Bonchev–Trinajstić information content (AvgIpc) is 2.45. The number of hydrogen-bond donors (Lipinski definition) is 2. The minimum Gasteiger partial charge on any atom is -0.493 e. The molecule has 0 aromatic heterocycles. The Balaban J connectivity index is 0.00000361. The van der Waals surface area contributed by atoms with Gasteiger partial charge in [-0.25, -0.2) is 4.99 Å². The molecule has 114 valence electrons. The van der Waals surface area contributed by atoms with Gasteiger partial charge in [0.05, 0.1) is 20.8 Å². The number of nitrogens with zero attached hydrogens (tertiary/aromatic N) is 1. The van der Waals surface area contributed by atoms with Gasteiger partial charge in [-0.2, -0.15) is 0 Å². The van der Waals surface area contributed by atoms with Crippen LogP contribution in [0, 0.1) is 0 Å². The van der Waals surface area contributed by atoms with E-state index in [1.54, 1.807) is 14.2 Å². The fraction of sp³-hybridized carbons (Fsp3) is 0.500. The molecule has 1 aromatic carbocycles. The number of hydrogen-bond acceptors (Lipinski definition) is 3. The second-order valence-electron chi connectivity index (χ2n) is 4.17. The second-order valence-corrected chi connectivity index (χ2v) is 4.17. The quantitative estimate of drug-likeness (QED) is 0.323. The topological polar surface area (TPSA) is 68.9 Å². The van der Waals surface area contributed by atoms with Gasteiger partial charge in [0.2, 0.25) is 0 Å². The van der Waals surface area contributed by atoms with Gasteiger partial charge in [-0.15, -0.1) is 24.0 Å². The van der Waals surface area contributed by atoms with Crippen LogP contribution in [0.5, 0.6) is 11.5 Å². The molecule has 1 aromatic rings. The molecule has 0 radical (unpaired) electrons. The molecule has 0 spiro atoms. The monoisotopic (exact) mass is 393 g/mol. The van der Waals surface area contributed by atoms with E-state index in [1.165, 1.54) is 0 Å². The van der Waals surface area contributed by atoms with Gasteiger partial charge in [0, 0.05) is 6.54 Å². The van der Waals surface area contributed by atoms with Crippen molar-refractivity contribution in [3.63, 3.8) is 0 Å². The van der Waals surface area contributed by atoms with Gasteiger partial charge < -0.3 is 20.5 Å². The molecule has 0 unspecified atom stereocenters. The van der Waals surface area contributed by atoms with Gasteiger partial charge >= 0.3 is 0 Å². The van der Waals surface area contributed by atoms with Crippen molar-refractivity contribution in [1.82, 2.24) is 5.32 Å². The second kappa shape index (κ2) is 10.6. The highest BCUT2D eigenvalue weighted by molar-refractivity contribution is 14.0. The van der Waals surface area contributed by atoms with Crippen molar-refractivity contribution in [3.05, 3.63) is 23.8 Å². The van der Waals surface area contributed by atoms with Gasteiger partial charge in [0.25, 0.3) is 0 Å². The predicted octanol–water partition coefficient (Wildman–Crippen LogP) is 2.53. The van der Waals surface area contributed by atoms with E-state index in [9.17, 15) is 0 Å². The zero-order chi connectivity index (χ0) is 14.1.